The maximum absolute atomic E-state index is 12.7. The number of benzene rings is 2. The van der Waals surface area contributed by atoms with Gasteiger partial charge in [0, 0.05) is 23.7 Å². The highest BCUT2D eigenvalue weighted by Crippen LogP contribution is 2.33. The number of hydrogen-bond acceptors (Lipinski definition) is 5. The van der Waals surface area contributed by atoms with Gasteiger partial charge < -0.3 is 14.0 Å². The molecular formula is C18H17ClN2O4S2. The molecule has 3 aromatic rings. The quantitative estimate of drug-likeness (QED) is 0.563. The number of ether oxygens (including phenoxy) is 2. The van der Waals surface area contributed by atoms with Crippen LogP contribution in [0.3, 0.4) is 0 Å². The highest BCUT2D eigenvalue weighted by molar-refractivity contribution is 7.90. The molecule has 0 spiro atoms. The molecule has 27 heavy (non-hydrogen) atoms. The Bertz CT molecular complexity index is 1160. The van der Waals surface area contributed by atoms with Crippen molar-refractivity contribution in [1.82, 2.24) is 4.57 Å². The molecule has 0 aliphatic carbocycles. The van der Waals surface area contributed by atoms with E-state index in [1.54, 1.807) is 37.0 Å². The first-order valence-corrected chi connectivity index (χ1v) is 10.5. The van der Waals surface area contributed by atoms with Crippen LogP contribution >= 0.6 is 22.9 Å². The predicted molar refractivity (Wildman–Crippen MR) is 107 cm³/mol. The molecule has 0 saturated carbocycles. The van der Waals surface area contributed by atoms with E-state index < -0.39 is 10.0 Å². The average molecular weight is 425 g/mol. The molecular weight excluding hydrogens is 408 g/mol. The van der Waals surface area contributed by atoms with Gasteiger partial charge >= 0.3 is 0 Å². The second kappa shape index (κ2) is 7.75. The van der Waals surface area contributed by atoms with E-state index in [1.807, 2.05) is 0 Å². The van der Waals surface area contributed by atoms with Crippen molar-refractivity contribution in [1.29, 1.82) is 0 Å². The number of allylic oxidation sites excluding steroid dienone is 1. The van der Waals surface area contributed by atoms with Crippen LogP contribution in [0.25, 0.3) is 10.2 Å². The molecule has 0 aliphatic rings. The molecule has 6 nitrogen and oxygen atoms in total. The van der Waals surface area contributed by atoms with Crippen molar-refractivity contribution in [2.75, 3.05) is 14.2 Å². The SMILES string of the molecule is C=CCn1c(=NS(=O)(=O)c2ccc(Cl)cc2)sc2cc(OC)c(OC)cc21. The fraction of sp³-hybridized carbons (Fsp3) is 0.167. The molecule has 0 bridgehead atoms. The number of nitrogens with zero attached hydrogens (tertiary/aromatic N) is 2. The summed E-state index contributed by atoms with van der Waals surface area (Å²) in [5.74, 6) is 1.11. The molecule has 0 N–H and O–H groups in total. The fourth-order valence-electron chi connectivity index (χ4n) is 2.53. The zero-order chi connectivity index (χ0) is 19.6. The number of fused-ring (bicyclic) bond motifs is 1. The van der Waals surface area contributed by atoms with E-state index in [2.05, 4.69) is 11.0 Å². The first kappa shape index (κ1) is 19.5. The number of thiazole rings is 1. The standard InChI is InChI=1S/C18H17ClN2O4S2/c1-4-9-21-14-10-15(24-2)16(25-3)11-17(14)26-18(21)20-27(22,23)13-7-5-12(19)6-8-13/h4-8,10-11H,1,9H2,2-3H3. The van der Waals surface area contributed by atoms with Gasteiger partial charge in [0.05, 0.1) is 29.3 Å². The van der Waals surface area contributed by atoms with Crippen LogP contribution in [0.15, 0.2) is 58.3 Å². The van der Waals surface area contributed by atoms with E-state index >= 15 is 0 Å². The van der Waals surface area contributed by atoms with Gasteiger partial charge in [-0.2, -0.15) is 8.42 Å². The third-order valence-corrected chi connectivity index (χ3v) is 6.50. The second-order valence-corrected chi connectivity index (χ2v) is 8.53. The van der Waals surface area contributed by atoms with Crippen LogP contribution in [0, 0.1) is 0 Å². The van der Waals surface area contributed by atoms with Crippen LogP contribution in [0.1, 0.15) is 0 Å². The molecule has 0 fully saturated rings. The summed E-state index contributed by atoms with van der Waals surface area (Å²) in [6.07, 6.45) is 1.68. The number of hydrogen-bond donors (Lipinski definition) is 0. The Morgan fingerprint density at radius 2 is 1.81 bits per heavy atom. The largest absolute Gasteiger partial charge is 0.493 e. The first-order chi connectivity index (χ1) is 12.9. The van der Waals surface area contributed by atoms with Crippen molar-refractivity contribution in [3.05, 3.63) is 58.9 Å². The molecule has 3 rings (SSSR count). The zero-order valence-corrected chi connectivity index (χ0v) is 17.1. The molecule has 0 atom stereocenters. The lowest BCUT2D eigenvalue weighted by Crippen LogP contribution is -2.16. The molecule has 0 saturated heterocycles. The van der Waals surface area contributed by atoms with Crippen molar-refractivity contribution in [2.45, 2.75) is 11.4 Å². The summed E-state index contributed by atoms with van der Waals surface area (Å²) < 4.78 is 42.7. The Hall–Kier alpha value is -2.29. The van der Waals surface area contributed by atoms with E-state index in [9.17, 15) is 8.42 Å². The third kappa shape index (κ3) is 3.87. The Morgan fingerprint density at radius 3 is 2.41 bits per heavy atom. The summed E-state index contributed by atoms with van der Waals surface area (Å²) in [6.45, 7) is 4.14. The van der Waals surface area contributed by atoms with Gasteiger partial charge in [-0.1, -0.05) is 29.0 Å². The van der Waals surface area contributed by atoms with Gasteiger partial charge in [-0.05, 0) is 24.3 Å². The Balaban J connectivity index is 2.26. The Morgan fingerprint density at radius 1 is 1.19 bits per heavy atom. The molecule has 0 unspecified atom stereocenters. The van der Waals surface area contributed by atoms with E-state index in [1.165, 1.54) is 35.6 Å². The summed E-state index contributed by atoms with van der Waals surface area (Å²) >= 11 is 7.08. The molecule has 0 aliphatic heterocycles. The summed E-state index contributed by atoms with van der Waals surface area (Å²) in [5.41, 5.74) is 0.780. The summed E-state index contributed by atoms with van der Waals surface area (Å²) in [7, 11) is -0.798. The highest BCUT2D eigenvalue weighted by Gasteiger charge is 2.16. The maximum atomic E-state index is 12.7. The molecule has 142 valence electrons. The van der Waals surface area contributed by atoms with Crippen molar-refractivity contribution in [3.63, 3.8) is 0 Å². The van der Waals surface area contributed by atoms with Crippen LogP contribution in [0.5, 0.6) is 11.5 Å². The van der Waals surface area contributed by atoms with Gasteiger partial charge in [-0.3, -0.25) is 0 Å². The van der Waals surface area contributed by atoms with Crippen LogP contribution in [0.2, 0.25) is 5.02 Å². The lowest BCUT2D eigenvalue weighted by atomic mass is 10.3. The molecule has 0 amide bonds. The smallest absolute Gasteiger partial charge is 0.285 e. The summed E-state index contributed by atoms with van der Waals surface area (Å²) in [5, 5.41) is 0.455. The number of halogens is 1. The normalized spacial score (nSPS) is 12.3. The fourth-order valence-corrected chi connectivity index (χ4v) is 4.91. The van der Waals surface area contributed by atoms with E-state index in [0.29, 0.717) is 27.9 Å². The van der Waals surface area contributed by atoms with Crippen molar-refractivity contribution in [2.24, 2.45) is 4.40 Å². The molecule has 1 aromatic heterocycles. The zero-order valence-electron chi connectivity index (χ0n) is 14.7. The third-order valence-electron chi connectivity index (χ3n) is 3.81. The van der Waals surface area contributed by atoms with Gasteiger partial charge in [0.25, 0.3) is 10.0 Å². The lowest BCUT2D eigenvalue weighted by Gasteiger charge is -2.08. The molecule has 2 aromatic carbocycles. The predicted octanol–water partition coefficient (Wildman–Crippen LogP) is 3.85. The van der Waals surface area contributed by atoms with Gasteiger partial charge in [0.1, 0.15) is 0 Å². The number of methoxy groups -OCH3 is 2. The lowest BCUT2D eigenvalue weighted by molar-refractivity contribution is 0.355. The van der Waals surface area contributed by atoms with Crippen molar-refractivity contribution >= 4 is 43.2 Å². The van der Waals surface area contributed by atoms with Crippen LogP contribution in [-0.4, -0.2) is 27.2 Å². The van der Waals surface area contributed by atoms with E-state index in [4.69, 9.17) is 21.1 Å². The van der Waals surface area contributed by atoms with Gasteiger partial charge in [-0.25, -0.2) is 0 Å². The molecule has 1 heterocycles. The molecule has 9 heteroatoms. The van der Waals surface area contributed by atoms with E-state index in [-0.39, 0.29) is 4.90 Å². The van der Waals surface area contributed by atoms with Crippen molar-refractivity contribution < 1.29 is 17.9 Å². The summed E-state index contributed by atoms with van der Waals surface area (Å²) in [6, 6.07) is 9.48. The minimum Gasteiger partial charge on any atom is -0.493 e. The van der Waals surface area contributed by atoms with Crippen LogP contribution < -0.4 is 14.3 Å². The second-order valence-electron chi connectivity index (χ2n) is 5.48. The van der Waals surface area contributed by atoms with Gasteiger partial charge in [0.15, 0.2) is 11.5 Å². The first-order valence-electron chi connectivity index (χ1n) is 7.82. The Labute approximate surface area is 166 Å². The van der Waals surface area contributed by atoms with Crippen LogP contribution in [-0.2, 0) is 16.6 Å². The minimum atomic E-state index is -3.89. The van der Waals surface area contributed by atoms with Crippen LogP contribution in [0.4, 0.5) is 0 Å². The number of aromatic nitrogens is 1. The van der Waals surface area contributed by atoms with Crippen molar-refractivity contribution in [3.8, 4) is 11.5 Å². The number of sulfonamides is 1. The Kier molecular flexibility index (Phi) is 5.59. The average Bonchev–Trinajstić information content (AvgIpc) is 2.96. The number of rotatable bonds is 6. The topological polar surface area (TPSA) is 69.9 Å². The summed E-state index contributed by atoms with van der Waals surface area (Å²) in [4.78, 5) is 0.403. The van der Waals surface area contributed by atoms with Gasteiger partial charge in [0.2, 0.25) is 4.80 Å². The molecule has 0 radical (unpaired) electrons. The van der Waals surface area contributed by atoms with E-state index in [0.717, 1.165) is 10.2 Å². The highest BCUT2D eigenvalue weighted by atomic mass is 35.5. The van der Waals surface area contributed by atoms with Gasteiger partial charge in [-0.15, -0.1) is 11.0 Å². The maximum Gasteiger partial charge on any atom is 0.285 e. The minimum absolute atomic E-state index is 0.0738. The monoisotopic (exact) mass is 424 g/mol.